The summed E-state index contributed by atoms with van der Waals surface area (Å²) in [7, 11) is 1.46. The van der Waals surface area contributed by atoms with Crippen LogP contribution in [0.15, 0.2) is 74.7 Å². The lowest BCUT2D eigenvalue weighted by Crippen LogP contribution is -2.16. The number of fused-ring (bicyclic) bond motifs is 1. The minimum Gasteiger partial charge on any atom is -0.493 e. The summed E-state index contributed by atoms with van der Waals surface area (Å²) in [6.07, 6.45) is 1.39. The monoisotopic (exact) mass is 541 g/mol. The molecule has 1 amide bonds. The predicted octanol–water partition coefficient (Wildman–Crippen LogP) is 5.59. The lowest BCUT2D eigenvalue weighted by atomic mass is 10.2. The summed E-state index contributed by atoms with van der Waals surface area (Å²) >= 11 is 3.41. The van der Waals surface area contributed by atoms with Crippen molar-refractivity contribution in [2.24, 2.45) is 5.10 Å². The van der Waals surface area contributed by atoms with E-state index < -0.39 is 10.8 Å². The average molecular weight is 542 g/mol. The Labute approximate surface area is 206 Å². The number of nitrogens with zero attached hydrogens (tertiary/aromatic N) is 2. The fourth-order valence-corrected chi connectivity index (χ4v) is 3.77. The second-order valence-electron chi connectivity index (χ2n) is 7.20. The SMILES string of the molecule is COc1cc(/C=N\NC(=O)c2cc3cc([N+](=O)[O-])ccc3o2)cc(Br)c1OCc1ccccc1F. The van der Waals surface area contributed by atoms with Crippen LogP contribution in [0.3, 0.4) is 0 Å². The molecule has 11 heteroatoms. The minimum absolute atomic E-state index is 0.00574. The van der Waals surface area contributed by atoms with E-state index in [1.807, 2.05) is 0 Å². The molecule has 3 aromatic carbocycles. The molecule has 0 fully saturated rings. The van der Waals surface area contributed by atoms with Crippen molar-refractivity contribution in [1.29, 1.82) is 0 Å². The van der Waals surface area contributed by atoms with E-state index in [4.69, 9.17) is 13.9 Å². The van der Waals surface area contributed by atoms with Crippen LogP contribution in [0.1, 0.15) is 21.7 Å². The van der Waals surface area contributed by atoms with Gasteiger partial charge in [-0.2, -0.15) is 5.10 Å². The van der Waals surface area contributed by atoms with Gasteiger partial charge < -0.3 is 13.9 Å². The van der Waals surface area contributed by atoms with Gasteiger partial charge in [0.1, 0.15) is 18.0 Å². The third-order valence-corrected chi connectivity index (χ3v) is 5.48. The number of nitrogens with one attached hydrogen (secondary N) is 1. The number of nitro groups is 1. The molecule has 0 radical (unpaired) electrons. The predicted molar refractivity (Wildman–Crippen MR) is 129 cm³/mol. The quantitative estimate of drug-likeness (QED) is 0.176. The minimum atomic E-state index is -0.629. The summed E-state index contributed by atoms with van der Waals surface area (Å²) in [6.45, 7) is 0.00574. The molecule has 4 aromatic rings. The zero-order valence-corrected chi connectivity index (χ0v) is 19.7. The number of hydrazone groups is 1. The molecule has 0 spiro atoms. The Morgan fingerprint density at radius 1 is 1.23 bits per heavy atom. The molecule has 1 aromatic heterocycles. The molecule has 0 aliphatic heterocycles. The van der Waals surface area contributed by atoms with Gasteiger partial charge in [-0.25, -0.2) is 9.82 Å². The number of benzene rings is 3. The number of hydrogen-bond acceptors (Lipinski definition) is 7. The molecule has 9 nitrogen and oxygen atoms in total. The Hall–Kier alpha value is -4.25. The Morgan fingerprint density at radius 3 is 2.77 bits per heavy atom. The molecule has 0 unspecified atom stereocenters. The Balaban J connectivity index is 1.45. The maximum atomic E-state index is 13.9. The normalized spacial score (nSPS) is 11.1. The molecule has 4 rings (SSSR count). The van der Waals surface area contributed by atoms with E-state index in [0.29, 0.717) is 38.1 Å². The highest BCUT2D eigenvalue weighted by Gasteiger charge is 2.15. The maximum Gasteiger partial charge on any atom is 0.307 e. The van der Waals surface area contributed by atoms with Crippen molar-refractivity contribution in [1.82, 2.24) is 5.43 Å². The molecule has 0 saturated heterocycles. The average Bonchev–Trinajstić information content (AvgIpc) is 3.27. The first-order chi connectivity index (χ1) is 16.9. The zero-order valence-electron chi connectivity index (χ0n) is 18.2. The van der Waals surface area contributed by atoms with Crippen molar-refractivity contribution < 1.29 is 28.0 Å². The molecular formula is C24H17BrFN3O6. The van der Waals surface area contributed by atoms with Crippen molar-refractivity contribution in [3.05, 3.63) is 98.0 Å². The van der Waals surface area contributed by atoms with Crippen LogP contribution in [0.4, 0.5) is 10.1 Å². The second kappa shape index (κ2) is 10.3. The Bertz CT molecular complexity index is 1450. The number of carbonyl (C=O) groups is 1. The van der Waals surface area contributed by atoms with Gasteiger partial charge in [0, 0.05) is 23.1 Å². The van der Waals surface area contributed by atoms with E-state index in [2.05, 4.69) is 26.5 Å². The van der Waals surface area contributed by atoms with Crippen LogP contribution >= 0.6 is 15.9 Å². The van der Waals surface area contributed by atoms with Gasteiger partial charge in [-0.05, 0) is 51.8 Å². The third-order valence-electron chi connectivity index (χ3n) is 4.90. The molecule has 0 atom stereocenters. The number of carbonyl (C=O) groups excluding carboxylic acids is 1. The summed E-state index contributed by atoms with van der Waals surface area (Å²) < 4.78 is 31.0. The van der Waals surface area contributed by atoms with Gasteiger partial charge in [-0.3, -0.25) is 14.9 Å². The fourth-order valence-electron chi connectivity index (χ4n) is 3.20. The van der Waals surface area contributed by atoms with Crippen LogP contribution in [0.25, 0.3) is 11.0 Å². The maximum absolute atomic E-state index is 13.9. The van der Waals surface area contributed by atoms with Gasteiger partial charge in [0.2, 0.25) is 0 Å². The smallest absolute Gasteiger partial charge is 0.307 e. The number of halogens is 2. The number of amides is 1. The molecule has 0 aliphatic carbocycles. The van der Waals surface area contributed by atoms with Crippen LogP contribution in [0.5, 0.6) is 11.5 Å². The molecule has 1 heterocycles. The second-order valence-corrected chi connectivity index (χ2v) is 8.06. The molecule has 0 saturated carbocycles. The standard InChI is InChI=1S/C24H17BrFN3O6/c1-33-21-9-14(8-18(25)23(21)34-13-15-4-2-3-5-19(15)26)12-27-28-24(30)22-11-16-10-17(29(31)32)6-7-20(16)35-22/h2-12H,13H2,1H3,(H,28,30)/b27-12-. The highest BCUT2D eigenvalue weighted by molar-refractivity contribution is 9.10. The van der Waals surface area contributed by atoms with E-state index >= 15 is 0 Å². The van der Waals surface area contributed by atoms with E-state index in [1.165, 1.54) is 43.7 Å². The van der Waals surface area contributed by atoms with E-state index in [1.54, 1.807) is 30.3 Å². The van der Waals surface area contributed by atoms with Gasteiger partial charge in [0.15, 0.2) is 17.3 Å². The van der Waals surface area contributed by atoms with Crippen LogP contribution in [0.2, 0.25) is 0 Å². The highest BCUT2D eigenvalue weighted by atomic mass is 79.9. The number of hydrogen-bond donors (Lipinski definition) is 1. The van der Waals surface area contributed by atoms with E-state index in [0.717, 1.165) is 0 Å². The number of nitro benzene ring substituents is 1. The van der Waals surface area contributed by atoms with Crippen molar-refractivity contribution in [2.45, 2.75) is 6.61 Å². The molecule has 178 valence electrons. The molecular weight excluding hydrogens is 525 g/mol. The van der Waals surface area contributed by atoms with E-state index in [9.17, 15) is 19.3 Å². The molecule has 1 N–H and O–H groups in total. The number of rotatable bonds is 8. The van der Waals surface area contributed by atoms with Gasteiger partial charge in [0.05, 0.1) is 22.7 Å². The number of ether oxygens (including phenoxy) is 2. The first-order valence-electron chi connectivity index (χ1n) is 10.1. The summed E-state index contributed by atoms with van der Waals surface area (Å²) in [4.78, 5) is 22.8. The number of non-ortho nitro benzene ring substituents is 1. The van der Waals surface area contributed by atoms with Crippen LogP contribution in [0, 0.1) is 15.9 Å². The summed E-state index contributed by atoms with van der Waals surface area (Å²) in [5, 5.41) is 15.3. The third kappa shape index (κ3) is 5.46. The Kier molecular flexibility index (Phi) is 7.06. The van der Waals surface area contributed by atoms with Gasteiger partial charge in [-0.1, -0.05) is 18.2 Å². The molecule has 0 aliphatic rings. The van der Waals surface area contributed by atoms with Crippen LogP contribution in [-0.4, -0.2) is 24.2 Å². The van der Waals surface area contributed by atoms with Gasteiger partial charge in [0.25, 0.3) is 5.69 Å². The summed E-state index contributed by atoms with van der Waals surface area (Å²) in [6, 6.07) is 15.1. The van der Waals surface area contributed by atoms with Gasteiger partial charge in [-0.15, -0.1) is 0 Å². The largest absolute Gasteiger partial charge is 0.493 e. The molecule has 0 bridgehead atoms. The van der Waals surface area contributed by atoms with Crippen LogP contribution in [-0.2, 0) is 6.61 Å². The topological polar surface area (TPSA) is 116 Å². The van der Waals surface area contributed by atoms with E-state index in [-0.39, 0.29) is 23.9 Å². The molecule has 35 heavy (non-hydrogen) atoms. The van der Waals surface area contributed by atoms with Crippen molar-refractivity contribution >= 4 is 44.7 Å². The fraction of sp³-hybridized carbons (Fsp3) is 0.0833. The van der Waals surface area contributed by atoms with Gasteiger partial charge >= 0.3 is 5.91 Å². The highest BCUT2D eigenvalue weighted by Crippen LogP contribution is 2.37. The Morgan fingerprint density at radius 2 is 2.03 bits per heavy atom. The lowest BCUT2D eigenvalue weighted by Gasteiger charge is -2.14. The lowest BCUT2D eigenvalue weighted by molar-refractivity contribution is -0.384. The summed E-state index contributed by atoms with van der Waals surface area (Å²) in [5.74, 6) is -0.287. The number of methoxy groups -OCH3 is 1. The zero-order chi connectivity index (χ0) is 24.9. The number of furan rings is 1. The van der Waals surface area contributed by atoms with Crippen molar-refractivity contribution in [2.75, 3.05) is 7.11 Å². The van der Waals surface area contributed by atoms with Crippen LogP contribution < -0.4 is 14.9 Å². The summed E-state index contributed by atoms with van der Waals surface area (Å²) in [5.41, 5.74) is 3.55. The van der Waals surface area contributed by atoms with Crippen molar-refractivity contribution in [3.8, 4) is 11.5 Å². The van der Waals surface area contributed by atoms with Crippen molar-refractivity contribution in [3.63, 3.8) is 0 Å². The first-order valence-corrected chi connectivity index (χ1v) is 10.9. The first kappa shape index (κ1) is 23.9.